The lowest BCUT2D eigenvalue weighted by atomic mass is 10.0. The number of carbonyl (C=O) groups is 1. The normalized spacial score (nSPS) is 11.6. The summed E-state index contributed by atoms with van der Waals surface area (Å²) in [5.41, 5.74) is 0.983. The molecule has 0 aliphatic heterocycles. The van der Waals surface area contributed by atoms with Gasteiger partial charge < -0.3 is 4.74 Å². The molecule has 0 rings (SSSR count). The Morgan fingerprint density at radius 1 is 1.43 bits per heavy atom. The van der Waals surface area contributed by atoms with Crippen LogP contribution in [-0.2, 0) is 9.53 Å². The molecule has 0 aromatic heterocycles. The summed E-state index contributed by atoms with van der Waals surface area (Å²) in [6, 6.07) is 1.88. The fraction of sp³-hybridized carbons (Fsp3) is 0.636. The number of nitriles is 1. The lowest BCUT2D eigenvalue weighted by molar-refractivity contribution is -0.135. The van der Waals surface area contributed by atoms with E-state index >= 15 is 0 Å². The maximum Gasteiger partial charge on any atom is 0.348 e. The summed E-state index contributed by atoms with van der Waals surface area (Å²) in [4.78, 5) is 11.1. The third-order valence-electron chi connectivity index (χ3n) is 2.08. The van der Waals surface area contributed by atoms with Crippen LogP contribution < -0.4 is 0 Å². The molecule has 0 aromatic rings. The standard InChI is InChI=1S/C11H17NO2/c1-4-5-6-7-9(2)10(8-12)11(13)14-3/h4-7H2,1-3H3/b10-9+. The average molecular weight is 195 g/mol. The number of rotatable bonds is 5. The Bertz CT molecular complexity index is 261. The van der Waals surface area contributed by atoms with Crippen LogP contribution in [0.4, 0.5) is 0 Å². The quantitative estimate of drug-likeness (QED) is 0.293. The van der Waals surface area contributed by atoms with Crippen LogP contribution in [-0.4, -0.2) is 13.1 Å². The molecule has 0 heterocycles. The maximum absolute atomic E-state index is 11.1. The second-order valence-corrected chi connectivity index (χ2v) is 3.22. The minimum atomic E-state index is -0.526. The van der Waals surface area contributed by atoms with Gasteiger partial charge >= 0.3 is 5.97 Å². The molecule has 0 aromatic carbocycles. The molecule has 0 radical (unpaired) electrons. The van der Waals surface area contributed by atoms with Gasteiger partial charge in [0.05, 0.1) is 7.11 Å². The maximum atomic E-state index is 11.1. The molecule has 3 nitrogen and oxygen atoms in total. The van der Waals surface area contributed by atoms with E-state index in [2.05, 4.69) is 11.7 Å². The first-order chi connectivity index (χ1) is 6.67. The minimum absolute atomic E-state index is 0.156. The highest BCUT2D eigenvalue weighted by Crippen LogP contribution is 2.13. The Morgan fingerprint density at radius 2 is 2.07 bits per heavy atom. The second kappa shape index (κ2) is 7.14. The van der Waals surface area contributed by atoms with Crippen molar-refractivity contribution in [1.29, 1.82) is 5.26 Å². The Labute approximate surface area is 85.4 Å². The van der Waals surface area contributed by atoms with Gasteiger partial charge in [-0.1, -0.05) is 19.8 Å². The first-order valence-electron chi connectivity index (χ1n) is 4.85. The lowest BCUT2D eigenvalue weighted by Crippen LogP contribution is -2.05. The smallest absolute Gasteiger partial charge is 0.348 e. The number of ether oxygens (including phenoxy) is 1. The SMILES string of the molecule is CCCCC/C(C)=C(\C#N)C(=O)OC. The van der Waals surface area contributed by atoms with Crippen molar-refractivity contribution in [2.75, 3.05) is 7.11 Å². The summed E-state index contributed by atoms with van der Waals surface area (Å²) in [5.74, 6) is -0.526. The fourth-order valence-corrected chi connectivity index (χ4v) is 1.18. The molecule has 3 heteroatoms. The first kappa shape index (κ1) is 12.7. The molecule has 0 aliphatic carbocycles. The molecule has 0 N–H and O–H groups in total. The highest BCUT2D eigenvalue weighted by molar-refractivity contribution is 5.93. The predicted octanol–water partition coefficient (Wildman–Crippen LogP) is 2.58. The second-order valence-electron chi connectivity index (χ2n) is 3.22. The monoisotopic (exact) mass is 195 g/mol. The topological polar surface area (TPSA) is 50.1 Å². The Kier molecular flexibility index (Phi) is 6.47. The van der Waals surface area contributed by atoms with Gasteiger partial charge in [-0.15, -0.1) is 0 Å². The van der Waals surface area contributed by atoms with E-state index in [9.17, 15) is 4.79 Å². The van der Waals surface area contributed by atoms with Gasteiger partial charge in [0.15, 0.2) is 0 Å². The molecule has 0 atom stereocenters. The van der Waals surface area contributed by atoms with E-state index in [1.807, 2.05) is 13.0 Å². The molecule has 0 saturated carbocycles. The van der Waals surface area contributed by atoms with Crippen LogP contribution >= 0.6 is 0 Å². The summed E-state index contributed by atoms with van der Waals surface area (Å²) in [5, 5.41) is 8.75. The van der Waals surface area contributed by atoms with Crippen molar-refractivity contribution >= 4 is 5.97 Å². The molecule has 0 saturated heterocycles. The van der Waals surface area contributed by atoms with Crippen molar-refractivity contribution in [3.8, 4) is 6.07 Å². The van der Waals surface area contributed by atoms with Crippen LogP contribution in [0.3, 0.4) is 0 Å². The van der Waals surface area contributed by atoms with E-state index in [0.29, 0.717) is 0 Å². The molecule has 78 valence electrons. The van der Waals surface area contributed by atoms with E-state index in [4.69, 9.17) is 5.26 Å². The van der Waals surface area contributed by atoms with Gasteiger partial charge in [-0.05, 0) is 25.3 Å². The fourth-order valence-electron chi connectivity index (χ4n) is 1.18. The van der Waals surface area contributed by atoms with Crippen LogP contribution in [0.1, 0.15) is 39.5 Å². The van der Waals surface area contributed by atoms with Gasteiger partial charge in [-0.2, -0.15) is 5.26 Å². The van der Waals surface area contributed by atoms with E-state index in [0.717, 1.165) is 31.3 Å². The highest BCUT2D eigenvalue weighted by Gasteiger charge is 2.11. The average Bonchev–Trinajstić information content (AvgIpc) is 2.19. The summed E-state index contributed by atoms with van der Waals surface area (Å²) in [7, 11) is 1.29. The van der Waals surface area contributed by atoms with E-state index in [-0.39, 0.29) is 5.57 Å². The van der Waals surface area contributed by atoms with Crippen molar-refractivity contribution in [2.24, 2.45) is 0 Å². The van der Waals surface area contributed by atoms with Crippen LogP contribution in [0, 0.1) is 11.3 Å². The van der Waals surface area contributed by atoms with Crippen molar-refractivity contribution in [3.05, 3.63) is 11.1 Å². The summed E-state index contributed by atoms with van der Waals surface area (Å²) in [6.45, 7) is 3.93. The van der Waals surface area contributed by atoms with Gasteiger partial charge in [-0.25, -0.2) is 4.79 Å². The zero-order valence-corrected chi connectivity index (χ0v) is 9.09. The Hall–Kier alpha value is -1.30. The van der Waals surface area contributed by atoms with E-state index in [1.165, 1.54) is 7.11 Å². The van der Waals surface area contributed by atoms with Crippen LogP contribution in [0.25, 0.3) is 0 Å². The number of unbranched alkanes of at least 4 members (excludes halogenated alkanes) is 2. The molecular formula is C11H17NO2. The van der Waals surface area contributed by atoms with Crippen molar-refractivity contribution in [2.45, 2.75) is 39.5 Å². The largest absolute Gasteiger partial charge is 0.465 e. The van der Waals surface area contributed by atoms with Gasteiger partial charge in [0, 0.05) is 0 Å². The minimum Gasteiger partial charge on any atom is -0.465 e. The Morgan fingerprint density at radius 3 is 2.50 bits per heavy atom. The predicted molar refractivity (Wildman–Crippen MR) is 54.5 cm³/mol. The zero-order chi connectivity index (χ0) is 11.0. The van der Waals surface area contributed by atoms with Crippen LogP contribution in [0.15, 0.2) is 11.1 Å². The molecule has 0 spiro atoms. The number of esters is 1. The summed E-state index contributed by atoms with van der Waals surface area (Å²) < 4.78 is 4.51. The third-order valence-corrected chi connectivity index (χ3v) is 2.08. The van der Waals surface area contributed by atoms with Crippen molar-refractivity contribution in [3.63, 3.8) is 0 Å². The number of carbonyl (C=O) groups excluding carboxylic acids is 1. The zero-order valence-electron chi connectivity index (χ0n) is 9.09. The molecule has 0 amide bonds. The van der Waals surface area contributed by atoms with Crippen LogP contribution in [0.2, 0.25) is 0 Å². The number of nitrogens with zero attached hydrogens (tertiary/aromatic N) is 1. The first-order valence-corrected chi connectivity index (χ1v) is 4.85. The number of allylic oxidation sites excluding steroid dienone is 1. The third kappa shape index (κ3) is 4.08. The molecular weight excluding hydrogens is 178 g/mol. The highest BCUT2D eigenvalue weighted by atomic mass is 16.5. The molecule has 0 fully saturated rings. The molecule has 14 heavy (non-hydrogen) atoms. The van der Waals surface area contributed by atoms with Gasteiger partial charge in [-0.3, -0.25) is 0 Å². The summed E-state index contributed by atoms with van der Waals surface area (Å²) >= 11 is 0. The lowest BCUT2D eigenvalue weighted by Gasteiger charge is -2.03. The van der Waals surface area contributed by atoms with Crippen molar-refractivity contribution < 1.29 is 9.53 Å². The van der Waals surface area contributed by atoms with Crippen molar-refractivity contribution in [1.82, 2.24) is 0 Å². The van der Waals surface area contributed by atoms with E-state index < -0.39 is 5.97 Å². The number of hydrogen-bond acceptors (Lipinski definition) is 3. The van der Waals surface area contributed by atoms with Gasteiger partial charge in [0.1, 0.15) is 11.6 Å². The van der Waals surface area contributed by atoms with E-state index in [1.54, 1.807) is 0 Å². The van der Waals surface area contributed by atoms with Gasteiger partial charge in [0.2, 0.25) is 0 Å². The van der Waals surface area contributed by atoms with Crippen LogP contribution in [0.5, 0.6) is 0 Å². The number of methoxy groups -OCH3 is 1. The summed E-state index contributed by atoms with van der Waals surface area (Å²) in [6.07, 6.45) is 4.07. The molecule has 0 bridgehead atoms. The van der Waals surface area contributed by atoms with Gasteiger partial charge in [0.25, 0.3) is 0 Å². The Balaban J connectivity index is 4.37. The molecule has 0 unspecified atom stereocenters. The number of hydrogen-bond donors (Lipinski definition) is 0. The molecule has 0 aliphatic rings.